The van der Waals surface area contributed by atoms with Crippen LogP contribution in [0.15, 0.2) is 77.9 Å². The highest BCUT2D eigenvalue weighted by Crippen LogP contribution is 2.33. The summed E-state index contributed by atoms with van der Waals surface area (Å²) in [5, 5.41) is 27.5. The van der Waals surface area contributed by atoms with Crippen LogP contribution in [0.2, 0.25) is 5.02 Å². The number of amides is 2. The Hall–Kier alpha value is -5.20. The molecule has 7 rings (SSSR count). The summed E-state index contributed by atoms with van der Waals surface area (Å²) in [5.74, 6) is -0.532. The van der Waals surface area contributed by atoms with Crippen LogP contribution < -0.4 is 10.9 Å². The molecule has 3 heterocycles. The molecule has 1 atom stereocenters. The molecule has 0 saturated carbocycles. The molecule has 12 nitrogen and oxygen atoms in total. The lowest BCUT2D eigenvalue weighted by Gasteiger charge is -2.39. The molecule has 13 heteroatoms. The van der Waals surface area contributed by atoms with Gasteiger partial charge in [-0.1, -0.05) is 48.0 Å². The Morgan fingerprint density at radius 1 is 1.00 bits per heavy atom. The van der Waals surface area contributed by atoms with Gasteiger partial charge >= 0.3 is 0 Å². The Balaban J connectivity index is 0.968. The summed E-state index contributed by atoms with van der Waals surface area (Å²) in [7, 11) is 0. The third-order valence-electron chi connectivity index (χ3n) is 10.6. The number of hydrogen-bond donors (Lipinski definition) is 2. The number of nitro benzene ring substituents is 1. The second kappa shape index (κ2) is 15.4. The van der Waals surface area contributed by atoms with Crippen LogP contribution in [0, 0.1) is 16.0 Å². The number of halogens is 1. The first-order chi connectivity index (χ1) is 25.6. The fourth-order valence-corrected chi connectivity index (χ4v) is 7.99. The fourth-order valence-electron chi connectivity index (χ4n) is 7.62. The summed E-state index contributed by atoms with van der Waals surface area (Å²) in [6.45, 7) is 1.03. The van der Waals surface area contributed by atoms with Crippen LogP contribution in [0.5, 0.6) is 0 Å². The monoisotopic (exact) mass is 736 g/mol. The van der Waals surface area contributed by atoms with Crippen molar-refractivity contribution in [3.8, 4) is 0 Å². The molecule has 3 aromatic carbocycles. The zero-order valence-electron chi connectivity index (χ0n) is 29.3. The molecule has 1 saturated heterocycles. The third kappa shape index (κ3) is 7.93. The summed E-state index contributed by atoms with van der Waals surface area (Å²) < 4.78 is 1.33. The van der Waals surface area contributed by atoms with Gasteiger partial charge in [-0.3, -0.25) is 34.0 Å². The van der Waals surface area contributed by atoms with Crippen molar-refractivity contribution in [2.75, 3.05) is 19.6 Å². The number of carbonyl (C=O) groups is 2. The van der Waals surface area contributed by atoms with E-state index >= 15 is 0 Å². The van der Waals surface area contributed by atoms with Crippen LogP contribution in [0.3, 0.4) is 0 Å². The maximum atomic E-state index is 14.0. The first kappa shape index (κ1) is 36.2. The van der Waals surface area contributed by atoms with Crippen molar-refractivity contribution in [3.63, 3.8) is 0 Å². The molecule has 5 aromatic rings. The maximum absolute atomic E-state index is 14.0. The van der Waals surface area contributed by atoms with Gasteiger partial charge in [0.15, 0.2) is 0 Å². The summed E-state index contributed by atoms with van der Waals surface area (Å²) >= 11 is 6.73. The highest BCUT2D eigenvalue weighted by molar-refractivity contribution is 6.36. The first-order valence-electron chi connectivity index (χ1n) is 18.2. The smallest absolute Gasteiger partial charge is 0.271 e. The molecule has 1 unspecified atom stereocenters. The lowest BCUT2D eigenvalue weighted by atomic mass is 9.88. The number of aryl methyl sites for hydroxylation is 1. The Bertz CT molecular complexity index is 2250. The van der Waals surface area contributed by atoms with E-state index in [0.29, 0.717) is 44.5 Å². The molecule has 2 aromatic heterocycles. The second-order valence-corrected chi connectivity index (χ2v) is 14.6. The highest BCUT2D eigenvalue weighted by Gasteiger charge is 2.36. The van der Waals surface area contributed by atoms with Crippen molar-refractivity contribution in [2.45, 2.75) is 69.9 Å². The number of carbonyl (C=O) groups excluding carboxylic acids is 2. The molecule has 274 valence electrons. The van der Waals surface area contributed by atoms with Crippen LogP contribution >= 0.6 is 11.6 Å². The number of piperidine rings is 1. The molecule has 0 spiro atoms. The van der Waals surface area contributed by atoms with Crippen molar-refractivity contribution in [2.24, 2.45) is 5.92 Å². The number of aromatic nitrogens is 3. The van der Waals surface area contributed by atoms with Gasteiger partial charge in [0.05, 0.1) is 44.8 Å². The molecule has 1 fully saturated rings. The van der Waals surface area contributed by atoms with Gasteiger partial charge < -0.3 is 15.3 Å². The van der Waals surface area contributed by atoms with Crippen LogP contribution in [0.25, 0.3) is 21.8 Å². The predicted molar refractivity (Wildman–Crippen MR) is 202 cm³/mol. The number of non-ortho nitro benzene ring substituents is 1. The van der Waals surface area contributed by atoms with E-state index in [0.717, 1.165) is 58.4 Å². The molecule has 0 bridgehead atoms. The Kier molecular flexibility index (Phi) is 10.5. The SMILES string of the molecule is O=C(NCCCC(Cc1ccccc1)C(=O)N1CCC(O)(Cn2cnc3cc([N+](=O)[O-])ccc3c2=O)CC1)c1ccc2c(Cl)c3c(nc2c1)CCCC3. The van der Waals surface area contributed by atoms with E-state index in [9.17, 15) is 29.6 Å². The van der Waals surface area contributed by atoms with Gasteiger partial charge in [0.2, 0.25) is 5.91 Å². The molecule has 1 aliphatic carbocycles. The molecule has 2 aliphatic rings. The van der Waals surface area contributed by atoms with Gasteiger partial charge in [-0.15, -0.1) is 0 Å². The van der Waals surface area contributed by atoms with E-state index in [1.54, 1.807) is 17.0 Å². The van der Waals surface area contributed by atoms with Gasteiger partial charge in [-0.25, -0.2) is 4.98 Å². The van der Waals surface area contributed by atoms with Crippen LogP contribution in [0.4, 0.5) is 5.69 Å². The number of nitrogens with zero attached hydrogens (tertiary/aromatic N) is 5. The topological polar surface area (TPSA) is 161 Å². The highest BCUT2D eigenvalue weighted by atomic mass is 35.5. The normalized spacial score (nSPS) is 15.9. The number of rotatable bonds is 11. The standard InChI is InChI=1S/C40H41ClN6O6/c41-36-30-10-4-5-11-33(30)44-35-22-27(12-14-31(35)36)37(48)42-18-6-9-28(21-26-7-2-1-3-8-26)38(49)45-19-16-40(51,17-20-45)24-46-25-43-34-23-29(47(52)53)13-15-32(34)39(46)50/h1-3,7-8,12-15,22-23,25,28,51H,4-6,9-11,16-21,24H2,(H,42,48). The van der Waals surface area contributed by atoms with Crippen LogP contribution in [0.1, 0.15) is 65.7 Å². The number of nitro groups is 1. The summed E-state index contributed by atoms with van der Waals surface area (Å²) in [6, 6.07) is 19.2. The number of pyridine rings is 1. The number of benzene rings is 3. The number of hydrogen-bond acceptors (Lipinski definition) is 8. The average Bonchev–Trinajstić information content (AvgIpc) is 3.17. The number of nitrogens with one attached hydrogen (secondary N) is 1. The predicted octanol–water partition coefficient (Wildman–Crippen LogP) is 5.81. The lowest BCUT2D eigenvalue weighted by Crippen LogP contribution is -2.51. The Morgan fingerprint density at radius 2 is 1.75 bits per heavy atom. The molecular formula is C40H41ClN6O6. The summed E-state index contributed by atoms with van der Waals surface area (Å²) in [5.41, 5.74) is 2.85. The van der Waals surface area contributed by atoms with E-state index in [4.69, 9.17) is 16.6 Å². The largest absolute Gasteiger partial charge is 0.388 e. The van der Waals surface area contributed by atoms with E-state index in [-0.39, 0.29) is 53.7 Å². The Labute approximate surface area is 311 Å². The van der Waals surface area contributed by atoms with E-state index in [2.05, 4.69) is 10.3 Å². The first-order valence-corrected chi connectivity index (χ1v) is 18.5. The molecule has 1 aliphatic heterocycles. The third-order valence-corrected chi connectivity index (χ3v) is 11.1. The summed E-state index contributed by atoms with van der Waals surface area (Å²) in [6.07, 6.45) is 7.56. The van der Waals surface area contributed by atoms with Crippen molar-refractivity contribution in [1.29, 1.82) is 0 Å². The summed E-state index contributed by atoms with van der Waals surface area (Å²) in [4.78, 5) is 61.8. The van der Waals surface area contributed by atoms with Gasteiger partial charge in [0, 0.05) is 54.3 Å². The van der Waals surface area contributed by atoms with Crippen molar-refractivity contribution in [1.82, 2.24) is 24.8 Å². The van der Waals surface area contributed by atoms with Gasteiger partial charge in [0.25, 0.3) is 17.2 Å². The zero-order chi connectivity index (χ0) is 37.1. The molecule has 53 heavy (non-hydrogen) atoms. The van der Waals surface area contributed by atoms with Crippen molar-refractivity contribution >= 4 is 50.9 Å². The van der Waals surface area contributed by atoms with E-state index in [1.165, 1.54) is 29.1 Å². The minimum Gasteiger partial charge on any atom is -0.388 e. The van der Waals surface area contributed by atoms with E-state index in [1.807, 2.05) is 36.4 Å². The van der Waals surface area contributed by atoms with E-state index < -0.39 is 16.1 Å². The number of fused-ring (bicyclic) bond motifs is 3. The molecular weight excluding hydrogens is 696 g/mol. The number of aliphatic hydroxyl groups is 1. The second-order valence-electron chi connectivity index (χ2n) is 14.3. The van der Waals surface area contributed by atoms with Crippen LogP contribution in [-0.2, 0) is 30.6 Å². The van der Waals surface area contributed by atoms with Gasteiger partial charge in [-0.05, 0) is 87.1 Å². The quantitative estimate of drug-likeness (QED) is 0.0977. The molecule has 2 N–H and O–H groups in total. The molecule has 0 radical (unpaired) electrons. The minimum absolute atomic E-state index is 0.00539. The fraction of sp³-hybridized carbons (Fsp3) is 0.375. The lowest BCUT2D eigenvalue weighted by molar-refractivity contribution is -0.384. The van der Waals surface area contributed by atoms with Crippen LogP contribution in [-0.4, -0.2) is 66.5 Å². The van der Waals surface area contributed by atoms with Crippen molar-refractivity contribution in [3.05, 3.63) is 121 Å². The Morgan fingerprint density at radius 3 is 2.53 bits per heavy atom. The van der Waals surface area contributed by atoms with Gasteiger partial charge in [0.1, 0.15) is 0 Å². The average molecular weight is 737 g/mol. The van der Waals surface area contributed by atoms with Crippen molar-refractivity contribution < 1.29 is 19.6 Å². The molecule has 2 amide bonds. The number of likely N-dealkylation sites (tertiary alicyclic amines) is 1. The maximum Gasteiger partial charge on any atom is 0.271 e. The zero-order valence-corrected chi connectivity index (χ0v) is 30.1. The van der Waals surface area contributed by atoms with Gasteiger partial charge in [-0.2, -0.15) is 0 Å². The minimum atomic E-state index is -1.24.